The van der Waals surface area contributed by atoms with Gasteiger partial charge in [0.25, 0.3) is 0 Å². The number of benzene rings is 2. The van der Waals surface area contributed by atoms with Crippen molar-refractivity contribution in [3.8, 4) is 0 Å². The average Bonchev–Trinajstić information content (AvgIpc) is 2.65. The second-order valence-electron chi connectivity index (χ2n) is 9.48. The number of aryl methyl sites for hydroxylation is 2. The van der Waals surface area contributed by atoms with E-state index in [0.29, 0.717) is 19.5 Å². The summed E-state index contributed by atoms with van der Waals surface area (Å²) in [7, 11) is 0. The highest BCUT2D eigenvalue weighted by molar-refractivity contribution is 5.95. The Kier molecular flexibility index (Phi) is 6.49. The Morgan fingerprint density at radius 2 is 1.83 bits per heavy atom. The van der Waals surface area contributed by atoms with Crippen LogP contribution in [0.25, 0.3) is 0 Å². The molecule has 1 saturated heterocycles. The summed E-state index contributed by atoms with van der Waals surface area (Å²) in [6, 6.07) is 14.0. The molecule has 2 aromatic rings. The third kappa shape index (κ3) is 5.62. The lowest BCUT2D eigenvalue weighted by molar-refractivity contribution is -0.117. The van der Waals surface area contributed by atoms with Crippen molar-refractivity contribution in [1.29, 1.82) is 0 Å². The molecule has 1 aliphatic rings. The lowest BCUT2D eigenvalue weighted by atomic mass is 9.92. The molecule has 0 unspecified atom stereocenters. The molecule has 0 atom stereocenters. The van der Waals surface area contributed by atoms with Crippen LogP contribution in [-0.2, 0) is 11.3 Å². The fourth-order valence-corrected chi connectivity index (χ4v) is 3.78. The number of urea groups is 1. The number of hydrogen-bond donors (Lipinski definition) is 1. The molecule has 0 aromatic heterocycles. The van der Waals surface area contributed by atoms with E-state index in [4.69, 9.17) is 0 Å². The standard InChI is InChI=1S/C25H33N3O2/c1-18-10-11-19(2)20(14-18)17-27-12-7-13-28(24(27)30)22-9-6-8-21(15-22)26-23(29)16-25(3,4)5/h6,8-11,14-15H,7,12-13,16-17H2,1-5H3,(H,26,29). The lowest BCUT2D eigenvalue weighted by Gasteiger charge is -2.36. The van der Waals surface area contributed by atoms with Crippen LogP contribution in [0, 0.1) is 19.3 Å². The Morgan fingerprint density at radius 1 is 1.07 bits per heavy atom. The zero-order valence-electron chi connectivity index (χ0n) is 18.8. The Balaban J connectivity index is 1.73. The third-order valence-electron chi connectivity index (χ3n) is 5.31. The zero-order valence-corrected chi connectivity index (χ0v) is 18.8. The SMILES string of the molecule is Cc1ccc(C)c(CN2CCCN(c3cccc(NC(=O)CC(C)(C)C)c3)C2=O)c1. The molecule has 1 N–H and O–H groups in total. The van der Waals surface area contributed by atoms with Gasteiger partial charge in [-0.05, 0) is 55.0 Å². The van der Waals surface area contributed by atoms with E-state index in [1.807, 2.05) is 54.8 Å². The van der Waals surface area contributed by atoms with Crippen LogP contribution in [0.15, 0.2) is 42.5 Å². The van der Waals surface area contributed by atoms with Crippen LogP contribution in [0.1, 0.15) is 50.3 Å². The average molecular weight is 408 g/mol. The van der Waals surface area contributed by atoms with Crippen LogP contribution in [0.5, 0.6) is 0 Å². The predicted octanol–water partition coefficient (Wildman–Crippen LogP) is 5.51. The van der Waals surface area contributed by atoms with Crippen molar-refractivity contribution in [2.45, 2.75) is 54.0 Å². The minimum atomic E-state index is -0.0705. The maximum Gasteiger partial charge on any atom is 0.324 e. The van der Waals surface area contributed by atoms with Crippen molar-refractivity contribution in [2.75, 3.05) is 23.3 Å². The van der Waals surface area contributed by atoms with Gasteiger partial charge in [0.2, 0.25) is 5.91 Å². The van der Waals surface area contributed by atoms with Crippen molar-refractivity contribution in [2.24, 2.45) is 5.41 Å². The van der Waals surface area contributed by atoms with Gasteiger partial charge in [0, 0.05) is 37.4 Å². The fraction of sp³-hybridized carbons (Fsp3) is 0.440. The minimum Gasteiger partial charge on any atom is -0.326 e. The summed E-state index contributed by atoms with van der Waals surface area (Å²) in [5.74, 6) is -0.0128. The molecule has 160 valence electrons. The summed E-state index contributed by atoms with van der Waals surface area (Å²) in [5, 5.41) is 2.97. The van der Waals surface area contributed by atoms with Crippen LogP contribution in [0.4, 0.5) is 16.2 Å². The van der Waals surface area contributed by atoms with E-state index in [2.05, 4.69) is 37.4 Å². The molecule has 5 heteroatoms. The number of carbonyl (C=O) groups is 2. The topological polar surface area (TPSA) is 52.6 Å². The second-order valence-corrected chi connectivity index (χ2v) is 9.48. The molecule has 3 rings (SSSR count). The monoisotopic (exact) mass is 407 g/mol. The smallest absolute Gasteiger partial charge is 0.324 e. The number of hydrogen-bond acceptors (Lipinski definition) is 2. The van der Waals surface area contributed by atoms with Crippen molar-refractivity contribution < 1.29 is 9.59 Å². The van der Waals surface area contributed by atoms with Crippen molar-refractivity contribution in [3.63, 3.8) is 0 Å². The molecule has 30 heavy (non-hydrogen) atoms. The number of nitrogens with one attached hydrogen (secondary N) is 1. The van der Waals surface area contributed by atoms with Crippen molar-refractivity contribution in [3.05, 3.63) is 59.2 Å². The Morgan fingerprint density at radius 3 is 2.57 bits per heavy atom. The molecule has 0 radical (unpaired) electrons. The van der Waals surface area contributed by atoms with Gasteiger partial charge in [-0.3, -0.25) is 9.69 Å². The lowest BCUT2D eigenvalue weighted by Crippen LogP contribution is -2.49. The molecule has 5 nitrogen and oxygen atoms in total. The van der Waals surface area contributed by atoms with E-state index in [1.165, 1.54) is 16.7 Å². The van der Waals surface area contributed by atoms with Crippen LogP contribution in [0.3, 0.4) is 0 Å². The van der Waals surface area contributed by atoms with E-state index in [1.54, 1.807) is 0 Å². The van der Waals surface area contributed by atoms with Gasteiger partial charge in [-0.2, -0.15) is 0 Å². The molecule has 3 amide bonds. The van der Waals surface area contributed by atoms with Gasteiger partial charge in [0.15, 0.2) is 0 Å². The first-order valence-corrected chi connectivity index (χ1v) is 10.6. The summed E-state index contributed by atoms with van der Waals surface area (Å²) in [6.07, 6.45) is 1.36. The summed E-state index contributed by atoms with van der Waals surface area (Å²) in [6.45, 7) is 12.3. The van der Waals surface area contributed by atoms with Gasteiger partial charge in [0.1, 0.15) is 0 Å². The van der Waals surface area contributed by atoms with Crippen LogP contribution < -0.4 is 10.2 Å². The van der Waals surface area contributed by atoms with Gasteiger partial charge in [-0.15, -0.1) is 0 Å². The molecule has 1 aliphatic heterocycles. The first kappa shape index (κ1) is 21.9. The number of amides is 3. The van der Waals surface area contributed by atoms with E-state index in [0.717, 1.165) is 24.3 Å². The highest BCUT2D eigenvalue weighted by atomic mass is 16.2. The van der Waals surface area contributed by atoms with Gasteiger partial charge in [-0.25, -0.2) is 4.79 Å². The van der Waals surface area contributed by atoms with Crippen molar-refractivity contribution >= 4 is 23.3 Å². The first-order valence-electron chi connectivity index (χ1n) is 10.6. The number of nitrogens with zero attached hydrogens (tertiary/aromatic N) is 2. The van der Waals surface area contributed by atoms with Crippen LogP contribution in [0.2, 0.25) is 0 Å². The van der Waals surface area contributed by atoms with E-state index < -0.39 is 0 Å². The highest BCUT2D eigenvalue weighted by Gasteiger charge is 2.27. The molecule has 0 aliphatic carbocycles. The van der Waals surface area contributed by atoms with E-state index in [-0.39, 0.29) is 17.4 Å². The predicted molar refractivity (Wildman–Crippen MR) is 123 cm³/mol. The number of anilines is 2. The normalized spacial score (nSPS) is 14.8. The van der Waals surface area contributed by atoms with Crippen LogP contribution in [-0.4, -0.2) is 29.9 Å². The molecule has 1 heterocycles. The quantitative estimate of drug-likeness (QED) is 0.710. The van der Waals surface area contributed by atoms with Gasteiger partial charge in [-0.1, -0.05) is 50.6 Å². The third-order valence-corrected chi connectivity index (χ3v) is 5.31. The fourth-order valence-electron chi connectivity index (χ4n) is 3.78. The number of rotatable bonds is 5. The Bertz CT molecular complexity index is 930. The van der Waals surface area contributed by atoms with Crippen molar-refractivity contribution in [1.82, 2.24) is 4.90 Å². The minimum absolute atomic E-state index is 0.0128. The summed E-state index contributed by atoms with van der Waals surface area (Å²) < 4.78 is 0. The molecule has 2 aromatic carbocycles. The largest absolute Gasteiger partial charge is 0.326 e. The van der Waals surface area contributed by atoms with E-state index in [9.17, 15) is 9.59 Å². The molecule has 0 bridgehead atoms. The van der Waals surface area contributed by atoms with E-state index >= 15 is 0 Å². The summed E-state index contributed by atoms with van der Waals surface area (Å²) >= 11 is 0. The molecular formula is C25H33N3O2. The van der Waals surface area contributed by atoms with Crippen LogP contribution >= 0.6 is 0 Å². The maximum absolute atomic E-state index is 13.2. The highest BCUT2D eigenvalue weighted by Crippen LogP contribution is 2.26. The Hall–Kier alpha value is -2.82. The summed E-state index contributed by atoms with van der Waals surface area (Å²) in [5.41, 5.74) is 5.07. The van der Waals surface area contributed by atoms with Gasteiger partial charge in [0.05, 0.1) is 0 Å². The molecule has 0 spiro atoms. The second kappa shape index (κ2) is 8.90. The Labute approximate surface area is 180 Å². The summed E-state index contributed by atoms with van der Waals surface area (Å²) in [4.78, 5) is 29.2. The number of carbonyl (C=O) groups excluding carboxylic acids is 2. The molecular weight excluding hydrogens is 374 g/mol. The van der Waals surface area contributed by atoms with Gasteiger partial charge >= 0.3 is 6.03 Å². The van der Waals surface area contributed by atoms with Gasteiger partial charge < -0.3 is 10.2 Å². The molecule has 0 saturated carbocycles. The zero-order chi connectivity index (χ0) is 21.9. The molecule has 1 fully saturated rings. The maximum atomic E-state index is 13.2. The first-order chi connectivity index (χ1) is 14.1.